The van der Waals surface area contributed by atoms with Gasteiger partial charge in [-0.2, -0.15) is 0 Å². The van der Waals surface area contributed by atoms with E-state index in [1.807, 2.05) is 62.4 Å². The molecule has 4 rings (SSSR count). The number of methoxy groups -OCH3 is 2. The molecule has 8 heteroatoms. The fourth-order valence-corrected chi connectivity index (χ4v) is 4.78. The highest BCUT2D eigenvalue weighted by Crippen LogP contribution is 2.30. The summed E-state index contributed by atoms with van der Waals surface area (Å²) >= 11 is 6.82. The molecule has 2 N–H and O–H groups in total. The first-order valence-electron chi connectivity index (χ1n) is 11.7. The lowest BCUT2D eigenvalue weighted by Gasteiger charge is -2.14. The van der Waals surface area contributed by atoms with Crippen LogP contribution in [0.1, 0.15) is 31.8 Å². The van der Waals surface area contributed by atoms with Gasteiger partial charge >= 0.3 is 0 Å². The van der Waals surface area contributed by atoms with Crippen LogP contribution in [-0.4, -0.2) is 26.0 Å². The first kappa shape index (κ1) is 27.4. The lowest BCUT2D eigenvalue weighted by atomic mass is 9.99. The van der Waals surface area contributed by atoms with E-state index in [1.165, 1.54) is 14.2 Å². The zero-order chi connectivity index (χ0) is 27.4. The molecule has 0 aliphatic heterocycles. The zero-order valence-corrected chi connectivity index (χ0v) is 24.5. The highest BCUT2D eigenvalue weighted by Gasteiger charge is 2.16. The third kappa shape index (κ3) is 6.09. The van der Waals surface area contributed by atoms with E-state index in [9.17, 15) is 9.59 Å². The molecule has 0 atom stereocenters. The van der Waals surface area contributed by atoms with Crippen LogP contribution in [0.15, 0.2) is 81.7 Å². The minimum Gasteiger partial charge on any atom is -0.496 e. The van der Waals surface area contributed by atoms with Crippen LogP contribution in [0, 0.1) is 13.8 Å². The molecule has 0 aliphatic carbocycles. The zero-order valence-electron chi connectivity index (χ0n) is 21.3. The Morgan fingerprint density at radius 3 is 1.34 bits per heavy atom. The summed E-state index contributed by atoms with van der Waals surface area (Å²) < 4.78 is 12.3. The Bertz CT molecular complexity index is 1420. The van der Waals surface area contributed by atoms with Crippen LogP contribution in [-0.2, 0) is 0 Å². The van der Waals surface area contributed by atoms with Gasteiger partial charge < -0.3 is 20.1 Å². The van der Waals surface area contributed by atoms with Gasteiger partial charge in [-0.05, 0) is 96.8 Å². The van der Waals surface area contributed by atoms with Gasteiger partial charge in [-0.15, -0.1) is 0 Å². The molecule has 0 aliphatic rings. The minimum atomic E-state index is -0.253. The number of benzene rings is 4. The molecule has 0 bridgehead atoms. The Labute approximate surface area is 238 Å². The monoisotopic (exact) mass is 636 g/mol. The van der Waals surface area contributed by atoms with Crippen molar-refractivity contribution in [1.82, 2.24) is 0 Å². The summed E-state index contributed by atoms with van der Waals surface area (Å²) in [7, 11) is 3.08. The molecule has 38 heavy (non-hydrogen) atoms. The number of rotatable bonds is 7. The maximum atomic E-state index is 12.9. The second-order valence-corrected chi connectivity index (χ2v) is 10.5. The third-order valence-electron chi connectivity index (χ3n) is 6.09. The fraction of sp³-hybridized carbons (Fsp3) is 0.133. The molecule has 0 unspecified atom stereocenters. The van der Waals surface area contributed by atoms with Crippen molar-refractivity contribution in [2.75, 3.05) is 24.9 Å². The summed E-state index contributed by atoms with van der Waals surface area (Å²) in [5, 5.41) is 5.95. The smallest absolute Gasteiger partial charge is 0.259 e. The maximum Gasteiger partial charge on any atom is 0.259 e. The summed E-state index contributed by atoms with van der Waals surface area (Å²) in [6.07, 6.45) is 0. The van der Waals surface area contributed by atoms with Gasteiger partial charge in [0, 0.05) is 20.3 Å². The first-order chi connectivity index (χ1) is 18.2. The van der Waals surface area contributed by atoms with E-state index in [0.717, 1.165) is 31.2 Å². The fourth-order valence-electron chi connectivity index (χ4n) is 4.06. The molecule has 0 aromatic heterocycles. The number of nitrogens with one attached hydrogen (secondary N) is 2. The van der Waals surface area contributed by atoms with Gasteiger partial charge in [0.05, 0.1) is 25.3 Å². The Hall–Kier alpha value is -3.62. The number of hydrogen-bond donors (Lipinski definition) is 2. The van der Waals surface area contributed by atoms with Crippen molar-refractivity contribution >= 4 is 55.0 Å². The Morgan fingerprint density at radius 1 is 0.605 bits per heavy atom. The molecule has 4 aromatic carbocycles. The SMILES string of the molecule is COc1ccc(Br)cc1C(=O)Nc1ccc(-c2ccc(NC(=O)c3cc(Br)ccc3OC)c(C)c2)cc1C. The van der Waals surface area contributed by atoms with Crippen molar-refractivity contribution in [1.29, 1.82) is 0 Å². The van der Waals surface area contributed by atoms with Crippen LogP contribution in [0.5, 0.6) is 11.5 Å². The van der Waals surface area contributed by atoms with E-state index in [2.05, 4.69) is 42.5 Å². The predicted octanol–water partition coefficient (Wildman–Crippen LogP) is 8.02. The molecule has 0 radical (unpaired) electrons. The molecule has 0 spiro atoms. The summed E-state index contributed by atoms with van der Waals surface area (Å²) in [5.74, 6) is 0.496. The van der Waals surface area contributed by atoms with Crippen molar-refractivity contribution in [3.05, 3.63) is 104 Å². The number of carbonyl (C=O) groups is 2. The van der Waals surface area contributed by atoms with Gasteiger partial charge in [0.25, 0.3) is 11.8 Å². The van der Waals surface area contributed by atoms with E-state index < -0.39 is 0 Å². The Balaban J connectivity index is 1.52. The predicted molar refractivity (Wildman–Crippen MR) is 159 cm³/mol. The van der Waals surface area contributed by atoms with E-state index in [-0.39, 0.29) is 11.8 Å². The van der Waals surface area contributed by atoms with Gasteiger partial charge in [0.1, 0.15) is 11.5 Å². The normalized spacial score (nSPS) is 10.6. The highest BCUT2D eigenvalue weighted by atomic mass is 79.9. The van der Waals surface area contributed by atoms with Crippen LogP contribution in [0.2, 0.25) is 0 Å². The van der Waals surface area contributed by atoms with Crippen LogP contribution in [0.3, 0.4) is 0 Å². The summed E-state index contributed by atoms with van der Waals surface area (Å²) in [6.45, 7) is 3.90. The van der Waals surface area contributed by atoms with Crippen LogP contribution < -0.4 is 20.1 Å². The number of carbonyl (C=O) groups excluding carboxylic acids is 2. The van der Waals surface area contributed by atoms with Crippen molar-refractivity contribution in [2.24, 2.45) is 0 Å². The van der Waals surface area contributed by atoms with Crippen LogP contribution in [0.4, 0.5) is 11.4 Å². The number of halogens is 2. The van der Waals surface area contributed by atoms with Gasteiger partial charge in [-0.3, -0.25) is 9.59 Å². The van der Waals surface area contributed by atoms with E-state index in [0.29, 0.717) is 34.0 Å². The van der Waals surface area contributed by atoms with Gasteiger partial charge in [-0.25, -0.2) is 0 Å². The van der Waals surface area contributed by atoms with E-state index >= 15 is 0 Å². The van der Waals surface area contributed by atoms with Gasteiger partial charge in [0.2, 0.25) is 0 Å². The van der Waals surface area contributed by atoms with Gasteiger partial charge in [0.15, 0.2) is 0 Å². The van der Waals surface area contributed by atoms with Crippen molar-refractivity contribution in [2.45, 2.75) is 13.8 Å². The Morgan fingerprint density at radius 2 is 1.00 bits per heavy atom. The average Bonchev–Trinajstić information content (AvgIpc) is 2.90. The molecule has 6 nitrogen and oxygen atoms in total. The molecule has 4 aromatic rings. The average molecular weight is 638 g/mol. The van der Waals surface area contributed by atoms with Crippen LogP contribution in [0.25, 0.3) is 11.1 Å². The topological polar surface area (TPSA) is 76.7 Å². The molecule has 0 heterocycles. The largest absolute Gasteiger partial charge is 0.496 e. The van der Waals surface area contributed by atoms with Crippen LogP contribution >= 0.6 is 31.9 Å². The number of aryl methyl sites for hydroxylation is 2. The third-order valence-corrected chi connectivity index (χ3v) is 7.08. The van der Waals surface area contributed by atoms with Crippen molar-refractivity contribution in [3.8, 4) is 22.6 Å². The molecule has 0 saturated carbocycles. The molecular weight excluding hydrogens is 612 g/mol. The maximum absolute atomic E-state index is 12.9. The molecule has 0 fully saturated rings. The number of anilines is 2. The molecule has 2 amide bonds. The Kier molecular flexibility index (Phi) is 8.54. The number of hydrogen-bond acceptors (Lipinski definition) is 4. The standard InChI is InChI=1S/C30H26Br2N2O4/c1-17-13-19(5-9-25(17)33-29(35)23-15-21(31)7-11-27(23)37-3)20-6-10-26(18(2)14-20)34-30(36)24-16-22(32)8-12-28(24)38-4/h5-16H,1-4H3,(H,33,35)(H,34,36). The highest BCUT2D eigenvalue weighted by molar-refractivity contribution is 9.10. The van der Waals surface area contributed by atoms with E-state index in [1.54, 1.807) is 24.3 Å². The first-order valence-corrected chi connectivity index (χ1v) is 13.3. The second-order valence-electron chi connectivity index (χ2n) is 8.66. The molecule has 194 valence electrons. The van der Waals surface area contributed by atoms with E-state index in [4.69, 9.17) is 9.47 Å². The number of ether oxygens (including phenoxy) is 2. The lowest BCUT2D eigenvalue weighted by molar-refractivity contribution is 0.101. The number of amides is 2. The van der Waals surface area contributed by atoms with Gasteiger partial charge in [-0.1, -0.05) is 44.0 Å². The lowest BCUT2D eigenvalue weighted by Crippen LogP contribution is -2.14. The van der Waals surface area contributed by atoms with Crippen molar-refractivity contribution < 1.29 is 19.1 Å². The summed E-state index contributed by atoms with van der Waals surface area (Å²) in [6, 6.07) is 22.3. The summed E-state index contributed by atoms with van der Waals surface area (Å²) in [5.41, 5.74) is 6.14. The molecular formula is C30H26Br2N2O4. The summed E-state index contributed by atoms with van der Waals surface area (Å²) in [4.78, 5) is 25.9. The second kappa shape index (κ2) is 11.8. The molecule has 0 saturated heterocycles. The quantitative estimate of drug-likeness (QED) is 0.215. The van der Waals surface area contributed by atoms with Crippen molar-refractivity contribution in [3.63, 3.8) is 0 Å². The minimum absolute atomic E-state index is 0.253.